The topological polar surface area (TPSA) is 84.7 Å². The highest BCUT2D eigenvalue weighted by atomic mass is 16.1. The minimum Gasteiger partial charge on any atom is -0.376 e. The molecule has 0 spiro atoms. The van der Waals surface area contributed by atoms with Gasteiger partial charge >= 0.3 is 0 Å². The molecule has 2 aliphatic carbocycles. The number of amides is 1. The van der Waals surface area contributed by atoms with E-state index in [2.05, 4.69) is 44.4 Å². The highest BCUT2D eigenvalue weighted by molar-refractivity contribution is 5.81. The number of carbonyl (C=O) groups excluding carboxylic acids is 1. The number of anilines is 1. The van der Waals surface area contributed by atoms with Gasteiger partial charge in [-0.1, -0.05) is 30.3 Å². The maximum absolute atomic E-state index is 12.5. The van der Waals surface area contributed by atoms with Crippen LogP contribution in [0.5, 0.6) is 0 Å². The molecule has 1 atom stereocenters. The van der Waals surface area contributed by atoms with Crippen molar-refractivity contribution in [3.05, 3.63) is 59.2 Å². The Hall–Kier alpha value is -3.22. The summed E-state index contributed by atoms with van der Waals surface area (Å²) in [5, 5.41) is 18.5. The molecule has 0 radical (unpaired) electrons. The van der Waals surface area contributed by atoms with Crippen LogP contribution in [0.25, 0.3) is 11.4 Å². The van der Waals surface area contributed by atoms with Gasteiger partial charge < -0.3 is 10.6 Å². The third-order valence-corrected chi connectivity index (χ3v) is 6.21. The Bertz CT molecular complexity index is 1090. The third kappa shape index (κ3) is 4.45. The van der Waals surface area contributed by atoms with Gasteiger partial charge in [0.15, 0.2) is 5.82 Å². The second kappa shape index (κ2) is 8.49. The van der Waals surface area contributed by atoms with Crippen LogP contribution in [0.4, 0.5) is 5.69 Å². The largest absolute Gasteiger partial charge is 0.376 e. The summed E-state index contributed by atoms with van der Waals surface area (Å²) in [6.45, 7) is 2.26. The van der Waals surface area contributed by atoms with Crippen molar-refractivity contribution in [2.45, 2.75) is 57.5 Å². The van der Waals surface area contributed by atoms with Gasteiger partial charge in [0, 0.05) is 11.3 Å². The molecule has 160 valence electrons. The van der Waals surface area contributed by atoms with Crippen molar-refractivity contribution in [1.29, 1.82) is 0 Å². The van der Waals surface area contributed by atoms with E-state index in [-0.39, 0.29) is 18.5 Å². The summed E-state index contributed by atoms with van der Waals surface area (Å²) in [4.78, 5) is 12.5. The van der Waals surface area contributed by atoms with E-state index in [1.165, 1.54) is 36.0 Å². The smallest absolute Gasteiger partial charge is 0.239 e. The number of carbonyl (C=O) groups is 1. The van der Waals surface area contributed by atoms with Crippen molar-refractivity contribution >= 4 is 11.6 Å². The molecule has 5 rings (SSSR count). The van der Waals surface area contributed by atoms with Gasteiger partial charge in [-0.25, -0.2) is 4.68 Å². The van der Waals surface area contributed by atoms with Gasteiger partial charge in [0.25, 0.3) is 0 Å². The Morgan fingerprint density at radius 1 is 1.13 bits per heavy atom. The van der Waals surface area contributed by atoms with Crippen LogP contribution >= 0.6 is 0 Å². The summed E-state index contributed by atoms with van der Waals surface area (Å²) in [5.41, 5.74) is 5.89. The van der Waals surface area contributed by atoms with Gasteiger partial charge in [-0.15, -0.1) is 5.10 Å². The average Bonchev–Trinajstić information content (AvgIpc) is 3.53. The standard InChI is InChI=1S/C24H28N6O/c1-16(18-10-9-17-5-2-3-6-19(17)13-18)26-23(31)15-25-21-8-4-7-20(14-21)24-27-28-29-30(24)22-11-12-22/h4,7-10,13-14,16,22,25H,2-3,5-6,11-12,15H2,1H3,(H,26,31). The van der Waals surface area contributed by atoms with Crippen LogP contribution in [0.1, 0.15) is 61.4 Å². The minimum atomic E-state index is -0.0292. The summed E-state index contributed by atoms with van der Waals surface area (Å²) < 4.78 is 1.89. The van der Waals surface area contributed by atoms with Crippen LogP contribution in [0, 0.1) is 0 Å². The van der Waals surface area contributed by atoms with Gasteiger partial charge in [-0.2, -0.15) is 0 Å². The number of hydrogen-bond donors (Lipinski definition) is 2. The first-order valence-corrected chi connectivity index (χ1v) is 11.2. The first kappa shape index (κ1) is 19.7. The van der Waals surface area contributed by atoms with Crippen LogP contribution < -0.4 is 10.6 Å². The van der Waals surface area contributed by atoms with E-state index in [0.29, 0.717) is 6.04 Å². The average molecular weight is 417 g/mol. The number of hydrogen-bond acceptors (Lipinski definition) is 5. The zero-order valence-corrected chi connectivity index (χ0v) is 17.8. The third-order valence-electron chi connectivity index (χ3n) is 6.21. The van der Waals surface area contributed by atoms with Gasteiger partial charge in [0.05, 0.1) is 18.6 Å². The molecular formula is C24H28N6O. The molecule has 0 aliphatic heterocycles. The fourth-order valence-electron chi connectivity index (χ4n) is 4.30. The summed E-state index contributed by atoms with van der Waals surface area (Å²) >= 11 is 0. The molecule has 3 aromatic rings. The van der Waals surface area contributed by atoms with Crippen molar-refractivity contribution in [1.82, 2.24) is 25.5 Å². The Labute approximate surface area is 182 Å². The van der Waals surface area contributed by atoms with E-state index in [9.17, 15) is 4.79 Å². The van der Waals surface area contributed by atoms with Crippen LogP contribution in [-0.4, -0.2) is 32.7 Å². The molecule has 1 heterocycles. The van der Waals surface area contributed by atoms with E-state index < -0.39 is 0 Å². The number of fused-ring (bicyclic) bond motifs is 1. The number of aryl methyl sites for hydroxylation is 2. The monoisotopic (exact) mass is 416 g/mol. The molecule has 1 saturated carbocycles. The highest BCUT2D eigenvalue weighted by Crippen LogP contribution is 2.36. The Kier molecular flexibility index (Phi) is 5.40. The van der Waals surface area contributed by atoms with E-state index in [1.54, 1.807) is 0 Å². The Morgan fingerprint density at radius 3 is 2.81 bits per heavy atom. The Balaban J connectivity index is 1.19. The zero-order chi connectivity index (χ0) is 21.2. The molecule has 2 aliphatic rings. The lowest BCUT2D eigenvalue weighted by Crippen LogP contribution is -2.32. The van der Waals surface area contributed by atoms with Crippen LogP contribution in [0.15, 0.2) is 42.5 Å². The van der Waals surface area contributed by atoms with E-state index in [0.717, 1.165) is 36.3 Å². The van der Waals surface area contributed by atoms with Crippen molar-refractivity contribution in [2.24, 2.45) is 0 Å². The highest BCUT2D eigenvalue weighted by Gasteiger charge is 2.28. The molecule has 2 aromatic carbocycles. The molecule has 0 bridgehead atoms. The summed E-state index contributed by atoms with van der Waals surface area (Å²) in [7, 11) is 0. The fourth-order valence-corrected chi connectivity index (χ4v) is 4.30. The number of nitrogens with one attached hydrogen (secondary N) is 2. The lowest BCUT2D eigenvalue weighted by atomic mass is 9.89. The number of nitrogens with zero attached hydrogens (tertiary/aromatic N) is 4. The van der Waals surface area contributed by atoms with E-state index in [1.807, 2.05) is 35.9 Å². The predicted octanol–water partition coefficient (Wildman–Crippen LogP) is 3.84. The first-order chi connectivity index (χ1) is 15.2. The minimum absolute atomic E-state index is 0.0176. The van der Waals surface area contributed by atoms with Crippen LogP contribution in [0.3, 0.4) is 0 Å². The SMILES string of the molecule is CC(NC(=O)CNc1cccc(-c2nnnn2C2CC2)c1)c1ccc2c(c1)CCCC2. The number of tetrazole rings is 1. The maximum atomic E-state index is 12.5. The van der Waals surface area contributed by atoms with Gasteiger partial charge in [0.2, 0.25) is 5.91 Å². The van der Waals surface area contributed by atoms with Crippen LogP contribution in [-0.2, 0) is 17.6 Å². The summed E-state index contributed by atoms with van der Waals surface area (Å²) in [6.07, 6.45) is 7.10. The first-order valence-electron chi connectivity index (χ1n) is 11.2. The number of aromatic nitrogens is 4. The van der Waals surface area contributed by atoms with E-state index in [4.69, 9.17) is 0 Å². The molecule has 1 amide bonds. The maximum Gasteiger partial charge on any atom is 0.239 e. The normalized spacial score (nSPS) is 16.4. The predicted molar refractivity (Wildman–Crippen MR) is 120 cm³/mol. The lowest BCUT2D eigenvalue weighted by molar-refractivity contribution is -0.120. The van der Waals surface area contributed by atoms with Gasteiger partial charge in [-0.05, 0) is 84.7 Å². The second-order valence-electron chi connectivity index (χ2n) is 8.64. The van der Waals surface area contributed by atoms with E-state index >= 15 is 0 Å². The quantitative estimate of drug-likeness (QED) is 0.611. The second-order valence-corrected chi connectivity index (χ2v) is 8.64. The molecule has 31 heavy (non-hydrogen) atoms. The van der Waals surface area contributed by atoms with Gasteiger partial charge in [0.1, 0.15) is 0 Å². The van der Waals surface area contributed by atoms with Crippen molar-refractivity contribution in [2.75, 3.05) is 11.9 Å². The molecule has 7 nitrogen and oxygen atoms in total. The molecule has 1 fully saturated rings. The van der Waals surface area contributed by atoms with Crippen molar-refractivity contribution in [3.63, 3.8) is 0 Å². The number of rotatable bonds is 7. The zero-order valence-electron chi connectivity index (χ0n) is 17.8. The Morgan fingerprint density at radius 2 is 1.97 bits per heavy atom. The lowest BCUT2D eigenvalue weighted by Gasteiger charge is -2.20. The van der Waals surface area contributed by atoms with Crippen LogP contribution in [0.2, 0.25) is 0 Å². The summed E-state index contributed by atoms with van der Waals surface area (Å²) in [5.74, 6) is 0.745. The molecular weight excluding hydrogens is 388 g/mol. The molecule has 7 heteroatoms. The van der Waals surface area contributed by atoms with Crippen molar-refractivity contribution in [3.8, 4) is 11.4 Å². The summed E-state index contributed by atoms with van der Waals surface area (Å²) in [6, 6.07) is 14.9. The number of benzene rings is 2. The van der Waals surface area contributed by atoms with Gasteiger partial charge in [-0.3, -0.25) is 4.79 Å². The molecule has 2 N–H and O–H groups in total. The fraction of sp³-hybridized carbons (Fsp3) is 0.417. The molecule has 0 saturated heterocycles. The molecule has 1 unspecified atom stereocenters. The molecule has 1 aromatic heterocycles. The van der Waals surface area contributed by atoms with Crippen molar-refractivity contribution < 1.29 is 4.79 Å².